The van der Waals surface area contributed by atoms with Gasteiger partial charge in [0.15, 0.2) is 6.23 Å². The minimum atomic E-state index is -0.528. The Morgan fingerprint density at radius 3 is 3.08 bits per heavy atom. The van der Waals surface area contributed by atoms with Gasteiger partial charge in [-0.3, -0.25) is 0 Å². The molecule has 3 heteroatoms. The molecule has 2 rings (SSSR count). The molecule has 0 bridgehead atoms. The Morgan fingerprint density at radius 2 is 2.25 bits per heavy atom. The summed E-state index contributed by atoms with van der Waals surface area (Å²) < 4.78 is 5.31. The summed E-state index contributed by atoms with van der Waals surface area (Å²) in [5.74, 6) is 0.838. The van der Waals surface area contributed by atoms with Crippen LogP contribution in [-0.2, 0) is 0 Å². The molecule has 1 atom stereocenters. The van der Waals surface area contributed by atoms with Gasteiger partial charge in [-0.05, 0) is 12.1 Å². The molecule has 0 fully saturated rings. The number of anilines is 1. The first-order valence-electron chi connectivity index (χ1n) is 3.92. The fraction of sp³-hybridized carbons (Fsp3) is 0.333. The summed E-state index contributed by atoms with van der Waals surface area (Å²) in [4.78, 5) is 1.80. The largest absolute Gasteiger partial charge is 0.487 e. The molecule has 0 saturated carbocycles. The molecule has 0 aromatic heterocycles. The summed E-state index contributed by atoms with van der Waals surface area (Å²) in [5.41, 5.74) is 0.941. The van der Waals surface area contributed by atoms with Gasteiger partial charge in [-0.25, -0.2) is 0 Å². The highest BCUT2D eigenvalue weighted by Gasteiger charge is 2.21. The van der Waals surface area contributed by atoms with Gasteiger partial charge in [0.1, 0.15) is 12.4 Å². The van der Waals surface area contributed by atoms with E-state index in [-0.39, 0.29) is 0 Å². The summed E-state index contributed by atoms with van der Waals surface area (Å²) in [5, 5.41) is 9.43. The first kappa shape index (κ1) is 7.43. The second-order valence-electron chi connectivity index (χ2n) is 2.87. The molecule has 0 saturated heterocycles. The quantitative estimate of drug-likeness (QED) is 0.618. The molecule has 1 aliphatic heterocycles. The summed E-state index contributed by atoms with van der Waals surface area (Å²) in [6.45, 7) is 0.341. The van der Waals surface area contributed by atoms with Gasteiger partial charge in [-0.1, -0.05) is 12.1 Å². The predicted octanol–water partition coefficient (Wildman–Crippen LogP) is 0.834. The van der Waals surface area contributed by atoms with Gasteiger partial charge < -0.3 is 14.7 Å². The number of hydrogen-bond acceptors (Lipinski definition) is 3. The Hall–Kier alpha value is -1.22. The van der Waals surface area contributed by atoms with Crippen LogP contribution in [0.15, 0.2) is 24.3 Å². The van der Waals surface area contributed by atoms with Crippen LogP contribution in [0.25, 0.3) is 0 Å². The first-order valence-corrected chi connectivity index (χ1v) is 3.92. The maximum atomic E-state index is 9.43. The minimum absolute atomic E-state index is 0.341. The SMILES string of the molecule is CN1c2ccccc2OCC1O. The third kappa shape index (κ3) is 1.02. The fourth-order valence-electron chi connectivity index (χ4n) is 1.31. The Balaban J connectivity index is 2.42. The molecule has 1 heterocycles. The van der Waals surface area contributed by atoms with E-state index < -0.39 is 6.23 Å². The maximum Gasteiger partial charge on any atom is 0.161 e. The summed E-state index contributed by atoms with van der Waals surface area (Å²) in [6.07, 6.45) is -0.528. The number of hydrogen-bond donors (Lipinski definition) is 1. The van der Waals surface area contributed by atoms with Crippen molar-refractivity contribution < 1.29 is 9.84 Å². The van der Waals surface area contributed by atoms with Crippen LogP contribution in [0.4, 0.5) is 5.69 Å². The van der Waals surface area contributed by atoms with Crippen molar-refractivity contribution in [2.45, 2.75) is 6.23 Å². The van der Waals surface area contributed by atoms with Crippen LogP contribution in [0.3, 0.4) is 0 Å². The monoisotopic (exact) mass is 165 g/mol. The van der Waals surface area contributed by atoms with E-state index in [9.17, 15) is 5.11 Å². The van der Waals surface area contributed by atoms with Crippen LogP contribution in [0.5, 0.6) is 5.75 Å². The van der Waals surface area contributed by atoms with Crippen molar-refractivity contribution in [2.24, 2.45) is 0 Å². The number of aliphatic hydroxyl groups is 1. The first-order chi connectivity index (χ1) is 5.79. The van der Waals surface area contributed by atoms with E-state index in [0.717, 1.165) is 11.4 Å². The van der Waals surface area contributed by atoms with Gasteiger partial charge in [0, 0.05) is 7.05 Å². The van der Waals surface area contributed by atoms with Gasteiger partial charge in [0.25, 0.3) is 0 Å². The van der Waals surface area contributed by atoms with Crippen molar-refractivity contribution in [3.05, 3.63) is 24.3 Å². The third-order valence-electron chi connectivity index (χ3n) is 2.08. The predicted molar refractivity (Wildman–Crippen MR) is 46.3 cm³/mol. The van der Waals surface area contributed by atoms with Crippen LogP contribution in [0, 0.1) is 0 Å². The van der Waals surface area contributed by atoms with Gasteiger partial charge in [-0.15, -0.1) is 0 Å². The molecule has 3 nitrogen and oxygen atoms in total. The molecule has 1 unspecified atom stereocenters. The number of rotatable bonds is 0. The molecule has 0 aliphatic carbocycles. The number of para-hydroxylation sites is 2. The molecule has 0 spiro atoms. The second kappa shape index (κ2) is 2.68. The van der Waals surface area contributed by atoms with E-state index in [2.05, 4.69) is 0 Å². The van der Waals surface area contributed by atoms with Gasteiger partial charge >= 0.3 is 0 Å². The Morgan fingerprint density at radius 1 is 1.50 bits per heavy atom. The standard InChI is InChI=1S/C9H11NO2/c1-10-7-4-2-3-5-8(7)12-6-9(10)11/h2-5,9,11H,6H2,1H3. The molecule has 1 aromatic carbocycles. The van der Waals surface area contributed by atoms with E-state index in [4.69, 9.17) is 4.74 Å². The maximum absolute atomic E-state index is 9.43. The number of aliphatic hydroxyl groups excluding tert-OH is 1. The highest BCUT2D eigenvalue weighted by Crippen LogP contribution is 2.31. The number of ether oxygens (including phenoxy) is 1. The zero-order valence-corrected chi connectivity index (χ0v) is 6.90. The Bertz CT molecular complexity index is 288. The minimum Gasteiger partial charge on any atom is -0.487 e. The van der Waals surface area contributed by atoms with Crippen molar-refractivity contribution in [1.29, 1.82) is 0 Å². The Kier molecular flexibility index (Phi) is 1.66. The average molecular weight is 165 g/mol. The molecular formula is C9H11NO2. The highest BCUT2D eigenvalue weighted by molar-refractivity contribution is 5.59. The normalized spacial score (nSPS) is 21.5. The van der Waals surface area contributed by atoms with Crippen LogP contribution >= 0.6 is 0 Å². The topological polar surface area (TPSA) is 32.7 Å². The molecule has 0 radical (unpaired) electrons. The summed E-state index contributed by atoms with van der Waals surface area (Å²) in [7, 11) is 1.85. The molecular weight excluding hydrogens is 154 g/mol. The zero-order chi connectivity index (χ0) is 8.55. The fourth-order valence-corrected chi connectivity index (χ4v) is 1.31. The molecule has 64 valence electrons. The molecule has 1 aliphatic rings. The van der Waals surface area contributed by atoms with Crippen molar-refractivity contribution in [1.82, 2.24) is 0 Å². The van der Waals surface area contributed by atoms with E-state index in [0.29, 0.717) is 6.61 Å². The Labute approximate surface area is 71.2 Å². The van der Waals surface area contributed by atoms with Gasteiger partial charge in [0.05, 0.1) is 5.69 Å². The summed E-state index contributed by atoms with van der Waals surface area (Å²) in [6, 6.07) is 7.68. The number of fused-ring (bicyclic) bond motifs is 1. The second-order valence-corrected chi connectivity index (χ2v) is 2.87. The van der Waals surface area contributed by atoms with Crippen molar-refractivity contribution >= 4 is 5.69 Å². The number of nitrogens with zero attached hydrogens (tertiary/aromatic N) is 1. The van der Waals surface area contributed by atoms with E-state index in [1.54, 1.807) is 4.90 Å². The lowest BCUT2D eigenvalue weighted by molar-refractivity contribution is 0.0956. The molecule has 1 N–H and O–H groups in total. The van der Waals surface area contributed by atoms with Crippen LogP contribution < -0.4 is 9.64 Å². The molecule has 12 heavy (non-hydrogen) atoms. The van der Waals surface area contributed by atoms with Crippen molar-refractivity contribution in [3.8, 4) is 5.75 Å². The molecule has 0 amide bonds. The van der Waals surface area contributed by atoms with E-state index in [1.165, 1.54) is 0 Å². The van der Waals surface area contributed by atoms with Crippen LogP contribution in [-0.4, -0.2) is 25.0 Å². The average Bonchev–Trinajstić information content (AvgIpc) is 2.12. The molecule has 1 aromatic rings. The third-order valence-corrected chi connectivity index (χ3v) is 2.08. The van der Waals surface area contributed by atoms with Crippen molar-refractivity contribution in [2.75, 3.05) is 18.6 Å². The van der Waals surface area contributed by atoms with Gasteiger partial charge in [0.2, 0.25) is 0 Å². The van der Waals surface area contributed by atoms with Crippen LogP contribution in [0.2, 0.25) is 0 Å². The number of benzene rings is 1. The summed E-state index contributed by atoms with van der Waals surface area (Å²) >= 11 is 0. The smallest absolute Gasteiger partial charge is 0.161 e. The lowest BCUT2D eigenvalue weighted by atomic mass is 10.2. The van der Waals surface area contributed by atoms with Gasteiger partial charge in [-0.2, -0.15) is 0 Å². The number of likely N-dealkylation sites (N-methyl/N-ethyl adjacent to an activating group) is 1. The van der Waals surface area contributed by atoms with Crippen molar-refractivity contribution in [3.63, 3.8) is 0 Å². The van der Waals surface area contributed by atoms with E-state index in [1.807, 2.05) is 31.3 Å². The van der Waals surface area contributed by atoms with E-state index >= 15 is 0 Å². The lowest BCUT2D eigenvalue weighted by Crippen LogP contribution is -2.39. The van der Waals surface area contributed by atoms with Crippen LogP contribution in [0.1, 0.15) is 0 Å². The highest BCUT2D eigenvalue weighted by atomic mass is 16.5. The zero-order valence-electron chi connectivity index (χ0n) is 6.90. The lowest BCUT2D eigenvalue weighted by Gasteiger charge is -2.32.